The predicted molar refractivity (Wildman–Crippen MR) is 46.5 cm³/mol. The Kier molecular flexibility index (Phi) is 2.86. The number of benzene rings is 1. The van der Waals surface area contributed by atoms with Crippen molar-refractivity contribution in [2.75, 3.05) is 7.11 Å². The molecule has 0 spiro atoms. The molecule has 2 heteroatoms. The molecule has 0 unspecified atom stereocenters. The average molecular weight is 163 g/mol. The molecule has 2 nitrogen and oxygen atoms in total. The van der Waals surface area contributed by atoms with Crippen LogP contribution in [0, 0.1) is 6.07 Å². The first-order valence-corrected chi connectivity index (χ1v) is 3.87. The van der Waals surface area contributed by atoms with Gasteiger partial charge in [0.05, 0.1) is 12.7 Å². The number of ketones is 1. The lowest BCUT2D eigenvalue weighted by Crippen LogP contribution is -1.99. The fourth-order valence-corrected chi connectivity index (χ4v) is 1.00. The lowest BCUT2D eigenvalue weighted by atomic mass is 10.1. The second-order valence-electron chi connectivity index (χ2n) is 2.39. The van der Waals surface area contributed by atoms with E-state index in [1.54, 1.807) is 18.2 Å². The minimum absolute atomic E-state index is 0.0868. The highest BCUT2D eigenvalue weighted by Crippen LogP contribution is 2.17. The minimum Gasteiger partial charge on any atom is -0.495 e. The molecule has 0 saturated carbocycles. The maximum atomic E-state index is 11.3. The summed E-state index contributed by atoms with van der Waals surface area (Å²) in [4.78, 5) is 11.3. The Balaban J connectivity index is 3.04. The first kappa shape index (κ1) is 8.78. The predicted octanol–water partition coefficient (Wildman–Crippen LogP) is 2.09. The molecule has 63 valence electrons. The monoisotopic (exact) mass is 163 g/mol. The van der Waals surface area contributed by atoms with Gasteiger partial charge in [-0.15, -0.1) is 0 Å². The molecule has 1 radical (unpaired) electrons. The van der Waals surface area contributed by atoms with Gasteiger partial charge in [0.25, 0.3) is 0 Å². The summed E-state index contributed by atoms with van der Waals surface area (Å²) in [6.45, 7) is 1.83. The third-order valence-corrected chi connectivity index (χ3v) is 1.64. The fourth-order valence-electron chi connectivity index (χ4n) is 1.00. The number of Topliss-reactive ketones (excluding diaryl/α,β-unsaturated/α-hetero) is 1. The summed E-state index contributed by atoms with van der Waals surface area (Å²) in [7, 11) is 1.54. The van der Waals surface area contributed by atoms with Crippen LogP contribution >= 0.6 is 0 Å². The van der Waals surface area contributed by atoms with Crippen molar-refractivity contribution in [2.45, 2.75) is 13.3 Å². The number of rotatable bonds is 3. The van der Waals surface area contributed by atoms with Crippen LogP contribution in [0.3, 0.4) is 0 Å². The van der Waals surface area contributed by atoms with Crippen molar-refractivity contribution in [3.8, 4) is 5.75 Å². The van der Waals surface area contributed by atoms with Crippen LogP contribution in [0.5, 0.6) is 5.75 Å². The van der Waals surface area contributed by atoms with Crippen molar-refractivity contribution in [1.82, 2.24) is 0 Å². The van der Waals surface area contributed by atoms with Crippen molar-refractivity contribution in [3.05, 3.63) is 29.8 Å². The van der Waals surface area contributed by atoms with Gasteiger partial charge in [0, 0.05) is 12.5 Å². The quantitative estimate of drug-likeness (QED) is 0.638. The molecule has 0 aromatic heterocycles. The number of hydrogen-bond donors (Lipinski definition) is 0. The van der Waals surface area contributed by atoms with E-state index in [0.717, 1.165) is 0 Å². The van der Waals surface area contributed by atoms with Crippen molar-refractivity contribution >= 4 is 5.78 Å². The zero-order valence-corrected chi connectivity index (χ0v) is 7.26. The van der Waals surface area contributed by atoms with E-state index in [4.69, 9.17) is 4.74 Å². The van der Waals surface area contributed by atoms with E-state index in [1.807, 2.05) is 6.92 Å². The summed E-state index contributed by atoms with van der Waals surface area (Å²) in [5.74, 6) is 0.619. The second kappa shape index (κ2) is 3.90. The third kappa shape index (κ3) is 1.64. The average Bonchev–Trinajstić information content (AvgIpc) is 2.16. The summed E-state index contributed by atoms with van der Waals surface area (Å²) >= 11 is 0. The van der Waals surface area contributed by atoms with E-state index in [-0.39, 0.29) is 5.78 Å². The summed E-state index contributed by atoms with van der Waals surface area (Å²) in [5.41, 5.74) is 0.613. The molecule has 0 bridgehead atoms. The SMILES string of the molecule is CCC(=O)c1ccc[c]c1OC. The molecule has 12 heavy (non-hydrogen) atoms. The molecule has 0 aliphatic rings. The first-order chi connectivity index (χ1) is 5.79. The highest BCUT2D eigenvalue weighted by molar-refractivity contribution is 5.98. The van der Waals surface area contributed by atoms with E-state index in [2.05, 4.69) is 6.07 Å². The van der Waals surface area contributed by atoms with Crippen molar-refractivity contribution in [3.63, 3.8) is 0 Å². The molecule has 0 amide bonds. The Morgan fingerprint density at radius 2 is 2.42 bits per heavy atom. The Hall–Kier alpha value is -1.31. The highest BCUT2D eigenvalue weighted by Gasteiger charge is 2.08. The maximum Gasteiger partial charge on any atom is 0.166 e. The molecule has 1 aromatic carbocycles. The van der Waals surface area contributed by atoms with Gasteiger partial charge in [-0.2, -0.15) is 0 Å². The number of hydrogen-bond acceptors (Lipinski definition) is 2. The highest BCUT2D eigenvalue weighted by atomic mass is 16.5. The molecule has 0 aliphatic carbocycles. The molecule has 0 aliphatic heterocycles. The van der Waals surface area contributed by atoms with Gasteiger partial charge in [0.2, 0.25) is 0 Å². The Morgan fingerprint density at radius 1 is 1.67 bits per heavy atom. The van der Waals surface area contributed by atoms with Crippen LogP contribution in [0.1, 0.15) is 23.7 Å². The van der Waals surface area contributed by atoms with Gasteiger partial charge in [-0.05, 0) is 6.07 Å². The molecule has 0 fully saturated rings. The Morgan fingerprint density at radius 3 is 3.00 bits per heavy atom. The number of ether oxygens (including phenoxy) is 1. The van der Waals surface area contributed by atoms with Gasteiger partial charge in [-0.25, -0.2) is 0 Å². The fraction of sp³-hybridized carbons (Fsp3) is 0.300. The summed E-state index contributed by atoms with van der Waals surface area (Å²) in [6, 6.07) is 8.12. The van der Waals surface area contributed by atoms with Crippen LogP contribution in [0.15, 0.2) is 18.2 Å². The van der Waals surface area contributed by atoms with Crippen LogP contribution in [0.25, 0.3) is 0 Å². The number of carbonyl (C=O) groups excluding carboxylic acids is 1. The molecule has 0 heterocycles. The number of carbonyl (C=O) groups is 1. The molecule has 1 rings (SSSR count). The summed E-state index contributed by atoms with van der Waals surface area (Å²) in [6.07, 6.45) is 0.494. The van der Waals surface area contributed by atoms with E-state index >= 15 is 0 Å². The molecule has 1 aromatic rings. The third-order valence-electron chi connectivity index (χ3n) is 1.64. The zero-order valence-electron chi connectivity index (χ0n) is 7.26. The minimum atomic E-state index is 0.0868. The summed E-state index contributed by atoms with van der Waals surface area (Å²) < 4.78 is 4.99. The van der Waals surface area contributed by atoms with Crippen LogP contribution in [-0.4, -0.2) is 12.9 Å². The molecule has 0 saturated heterocycles. The van der Waals surface area contributed by atoms with E-state index < -0.39 is 0 Å². The second-order valence-corrected chi connectivity index (χ2v) is 2.39. The molecule has 0 N–H and O–H groups in total. The van der Waals surface area contributed by atoms with Crippen molar-refractivity contribution in [2.24, 2.45) is 0 Å². The Bertz CT molecular complexity index is 279. The van der Waals surface area contributed by atoms with Crippen molar-refractivity contribution in [1.29, 1.82) is 0 Å². The molecular weight excluding hydrogens is 152 g/mol. The van der Waals surface area contributed by atoms with Gasteiger partial charge >= 0.3 is 0 Å². The lowest BCUT2D eigenvalue weighted by molar-refractivity contribution is 0.0985. The van der Waals surface area contributed by atoms with Gasteiger partial charge < -0.3 is 4.74 Å². The Labute approximate surface area is 72.2 Å². The van der Waals surface area contributed by atoms with E-state index in [9.17, 15) is 4.79 Å². The van der Waals surface area contributed by atoms with Gasteiger partial charge in [0.15, 0.2) is 5.78 Å². The van der Waals surface area contributed by atoms with Gasteiger partial charge in [0.1, 0.15) is 5.75 Å². The summed E-state index contributed by atoms with van der Waals surface area (Å²) in [5, 5.41) is 0. The normalized spacial score (nSPS) is 9.50. The lowest BCUT2D eigenvalue weighted by Gasteiger charge is -2.04. The van der Waals surface area contributed by atoms with Crippen LogP contribution < -0.4 is 4.74 Å². The maximum absolute atomic E-state index is 11.3. The van der Waals surface area contributed by atoms with Gasteiger partial charge in [-0.3, -0.25) is 4.79 Å². The van der Waals surface area contributed by atoms with Crippen molar-refractivity contribution < 1.29 is 9.53 Å². The zero-order chi connectivity index (χ0) is 8.97. The number of methoxy groups -OCH3 is 1. The molecule has 0 atom stereocenters. The van der Waals surface area contributed by atoms with Crippen LogP contribution in [-0.2, 0) is 0 Å². The first-order valence-electron chi connectivity index (χ1n) is 3.87. The van der Waals surface area contributed by atoms with Crippen LogP contribution in [0.4, 0.5) is 0 Å². The van der Waals surface area contributed by atoms with Crippen LogP contribution in [0.2, 0.25) is 0 Å². The largest absolute Gasteiger partial charge is 0.495 e. The number of para-hydroxylation sites is 1. The topological polar surface area (TPSA) is 26.3 Å². The van der Waals surface area contributed by atoms with Gasteiger partial charge in [-0.1, -0.05) is 19.1 Å². The van der Waals surface area contributed by atoms with E-state index in [1.165, 1.54) is 7.11 Å². The smallest absolute Gasteiger partial charge is 0.166 e. The van der Waals surface area contributed by atoms with E-state index in [0.29, 0.717) is 17.7 Å². The standard InChI is InChI=1S/C10H11O2/c1-3-9(11)8-6-4-5-7-10(8)12-2/h4-6H,3H2,1-2H3. The molecular formula is C10H11O2.